The van der Waals surface area contributed by atoms with E-state index in [1.165, 1.54) is 35.9 Å². The van der Waals surface area contributed by atoms with Crippen molar-refractivity contribution in [2.45, 2.75) is 38.5 Å². The second-order valence-corrected chi connectivity index (χ2v) is 11.3. The first-order valence-electron chi connectivity index (χ1n) is 11.2. The van der Waals surface area contributed by atoms with Gasteiger partial charge in [-0.2, -0.15) is 0 Å². The van der Waals surface area contributed by atoms with Crippen LogP contribution in [0.25, 0.3) is 6.08 Å². The summed E-state index contributed by atoms with van der Waals surface area (Å²) in [6.07, 6.45) is 10.2. The average molecular weight is 470 g/mol. The van der Waals surface area contributed by atoms with Crippen molar-refractivity contribution in [2.24, 2.45) is 23.2 Å². The molecule has 0 spiro atoms. The molecule has 4 aliphatic carbocycles. The van der Waals surface area contributed by atoms with Crippen molar-refractivity contribution in [3.05, 3.63) is 41.3 Å². The Bertz CT molecular complexity index is 995. The average Bonchev–Trinajstić information content (AvgIpc) is 3.01. The number of hydrogen-bond acceptors (Lipinski definition) is 6. The number of carbonyl (C=O) groups excluding carboxylic acids is 2. The van der Waals surface area contributed by atoms with Crippen LogP contribution in [-0.4, -0.2) is 34.8 Å². The Labute approximate surface area is 198 Å². The number of methoxy groups -OCH3 is 1. The topological polar surface area (TPSA) is 55.8 Å². The molecule has 0 radical (unpaired) electrons. The molecule has 32 heavy (non-hydrogen) atoms. The molecule has 168 valence electrons. The highest BCUT2D eigenvalue weighted by atomic mass is 32.2. The summed E-state index contributed by atoms with van der Waals surface area (Å²) in [7, 11) is 1.56. The maximum Gasteiger partial charge on any atom is 0.317 e. The highest BCUT2D eigenvalue weighted by Crippen LogP contribution is 2.60. The number of amides is 1. The molecule has 4 bridgehead atoms. The minimum absolute atomic E-state index is 0.104. The molecule has 7 heteroatoms. The smallest absolute Gasteiger partial charge is 0.317 e. The van der Waals surface area contributed by atoms with Gasteiger partial charge in [0.25, 0.3) is 5.91 Å². The van der Waals surface area contributed by atoms with Gasteiger partial charge in [-0.25, -0.2) is 0 Å². The molecule has 6 rings (SSSR count). The molecule has 1 aliphatic heterocycles. The summed E-state index contributed by atoms with van der Waals surface area (Å²) in [4.78, 5) is 28.0. The zero-order chi connectivity index (χ0) is 22.5. The Hall–Kier alpha value is -2.12. The molecule has 1 amide bonds. The van der Waals surface area contributed by atoms with Gasteiger partial charge in [-0.1, -0.05) is 36.1 Å². The monoisotopic (exact) mass is 469 g/mol. The van der Waals surface area contributed by atoms with Gasteiger partial charge in [-0.3, -0.25) is 14.5 Å². The van der Waals surface area contributed by atoms with Gasteiger partial charge in [-0.05, 0) is 80.1 Å². The second-order valence-electron chi connectivity index (χ2n) is 9.58. The number of esters is 1. The molecular weight excluding hydrogens is 442 g/mol. The van der Waals surface area contributed by atoms with Gasteiger partial charge in [0.2, 0.25) is 0 Å². The van der Waals surface area contributed by atoms with Crippen molar-refractivity contribution in [3.63, 3.8) is 0 Å². The lowest BCUT2D eigenvalue weighted by molar-refractivity contribution is -0.161. The van der Waals surface area contributed by atoms with Crippen molar-refractivity contribution in [1.29, 1.82) is 0 Å². The third kappa shape index (κ3) is 3.79. The molecule has 0 aromatic heterocycles. The zero-order valence-electron chi connectivity index (χ0n) is 18.2. The van der Waals surface area contributed by atoms with Gasteiger partial charge in [-0.15, -0.1) is 6.58 Å². The minimum Gasteiger partial charge on any atom is -0.493 e. The number of carbonyl (C=O) groups is 2. The normalized spacial score (nSPS) is 32.0. The summed E-state index contributed by atoms with van der Waals surface area (Å²) in [6.45, 7) is 4.07. The predicted molar refractivity (Wildman–Crippen MR) is 129 cm³/mol. The SMILES string of the molecule is C=CCN1C(=O)C(=Cc2ccc(OC(=O)C34CC5CC(CC(C5)C3)C4)c(OC)c2)SC1=S. The summed E-state index contributed by atoms with van der Waals surface area (Å²) in [5.41, 5.74) is 0.466. The van der Waals surface area contributed by atoms with Crippen LogP contribution in [0.3, 0.4) is 0 Å². The molecule has 5 aliphatic rings. The Morgan fingerprint density at radius 3 is 2.47 bits per heavy atom. The maximum absolute atomic E-state index is 13.3. The highest BCUT2D eigenvalue weighted by Gasteiger charge is 2.55. The molecule has 1 saturated heterocycles. The number of hydrogen-bond donors (Lipinski definition) is 0. The molecule has 0 unspecified atom stereocenters. The molecule has 5 nitrogen and oxygen atoms in total. The Balaban J connectivity index is 1.34. The van der Waals surface area contributed by atoms with Crippen LogP contribution in [0.5, 0.6) is 11.5 Å². The first kappa shape index (κ1) is 21.7. The van der Waals surface area contributed by atoms with E-state index in [-0.39, 0.29) is 17.3 Å². The molecule has 0 N–H and O–H groups in total. The lowest BCUT2D eigenvalue weighted by Gasteiger charge is -2.55. The van der Waals surface area contributed by atoms with Gasteiger partial charge in [0.1, 0.15) is 4.32 Å². The first-order valence-corrected chi connectivity index (χ1v) is 12.4. The van der Waals surface area contributed by atoms with Gasteiger partial charge in [0, 0.05) is 6.54 Å². The van der Waals surface area contributed by atoms with Crippen molar-refractivity contribution in [1.82, 2.24) is 4.90 Å². The van der Waals surface area contributed by atoms with E-state index in [1.54, 1.807) is 31.4 Å². The van der Waals surface area contributed by atoms with E-state index in [0.29, 0.717) is 45.0 Å². The van der Waals surface area contributed by atoms with E-state index in [0.717, 1.165) is 24.8 Å². The molecule has 1 aromatic carbocycles. The summed E-state index contributed by atoms with van der Waals surface area (Å²) in [5.74, 6) is 2.72. The van der Waals surface area contributed by atoms with E-state index < -0.39 is 0 Å². The summed E-state index contributed by atoms with van der Waals surface area (Å²) >= 11 is 6.57. The van der Waals surface area contributed by atoms with Crippen LogP contribution < -0.4 is 9.47 Å². The Kier molecular flexibility index (Phi) is 5.66. The second kappa shape index (κ2) is 8.34. The zero-order valence-corrected chi connectivity index (χ0v) is 19.8. The minimum atomic E-state index is -0.322. The van der Waals surface area contributed by atoms with Gasteiger partial charge < -0.3 is 9.47 Å². The number of thiocarbonyl (C=S) groups is 1. The first-order chi connectivity index (χ1) is 15.4. The third-order valence-electron chi connectivity index (χ3n) is 7.34. The number of nitrogens with zero attached hydrogens (tertiary/aromatic N) is 1. The molecular formula is C25H27NO4S2. The summed E-state index contributed by atoms with van der Waals surface area (Å²) < 4.78 is 12.0. The number of ether oxygens (including phenoxy) is 2. The van der Waals surface area contributed by atoms with Crippen LogP contribution in [0.1, 0.15) is 44.1 Å². The quantitative estimate of drug-likeness (QED) is 0.188. The Morgan fingerprint density at radius 2 is 1.88 bits per heavy atom. The molecule has 4 saturated carbocycles. The fourth-order valence-electron chi connectivity index (χ4n) is 6.36. The number of rotatable bonds is 6. The summed E-state index contributed by atoms with van der Waals surface area (Å²) in [5, 5.41) is 0. The van der Waals surface area contributed by atoms with Crippen LogP contribution in [-0.2, 0) is 9.59 Å². The van der Waals surface area contributed by atoms with Gasteiger partial charge in [0.05, 0.1) is 17.4 Å². The molecule has 1 aromatic rings. The lowest BCUT2D eigenvalue weighted by Crippen LogP contribution is -2.51. The van der Waals surface area contributed by atoms with E-state index in [1.807, 2.05) is 6.07 Å². The standard InChI is InChI=1S/C25H27NO4S2/c1-3-6-26-22(27)21(32-24(26)31)11-15-4-5-19(20(10-15)29-2)30-23(28)25-12-16-7-17(13-25)9-18(8-16)14-25/h3-5,10-11,16-18H,1,6-9,12-14H2,2H3. The van der Waals surface area contributed by atoms with Crippen LogP contribution in [0.2, 0.25) is 0 Å². The lowest BCUT2D eigenvalue weighted by atomic mass is 9.49. The van der Waals surface area contributed by atoms with E-state index in [9.17, 15) is 9.59 Å². The van der Waals surface area contributed by atoms with Crippen molar-refractivity contribution in [3.8, 4) is 11.5 Å². The Morgan fingerprint density at radius 1 is 1.22 bits per heavy atom. The van der Waals surface area contributed by atoms with Crippen molar-refractivity contribution < 1.29 is 19.1 Å². The number of thioether (sulfide) groups is 1. The largest absolute Gasteiger partial charge is 0.493 e. The van der Waals surface area contributed by atoms with Crippen LogP contribution in [0.15, 0.2) is 35.8 Å². The van der Waals surface area contributed by atoms with Gasteiger partial charge >= 0.3 is 5.97 Å². The number of benzene rings is 1. The third-order valence-corrected chi connectivity index (χ3v) is 8.72. The fourth-order valence-corrected chi connectivity index (χ4v) is 7.64. The molecule has 1 heterocycles. The predicted octanol–water partition coefficient (Wildman–Crippen LogP) is 5.20. The van der Waals surface area contributed by atoms with Gasteiger partial charge in [0.15, 0.2) is 11.5 Å². The fraction of sp³-hybridized carbons (Fsp3) is 0.480. The summed E-state index contributed by atoms with van der Waals surface area (Å²) in [6, 6.07) is 5.39. The maximum atomic E-state index is 13.3. The van der Waals surface area contributed by atoms with E-state index in [2.05, 4.69) is 6.58 Å². The van der Waals surface area contributed by atoms with Crippen molar-refractivity contribution >= 4 is 46.3 Å². The molecule has 5 fully saturated rings. The van der Waals surface area contributed by atoms with E-state index >= 15 is 0 Å². The van der Waals surface area contributed by atoms with Crippen LogP contribution >= 0.6 is 24.0 Å². The van der Waals surface area contributed by atoms with Crippen molar-refractivity contribution in [2.75, 3.05) is 13.7 Å². The van der Waals surface area contributed by atoms with E-state index in [4.69, 9.17) is 21.7 Å². The highest BCUT2D eigenvalue weighted by molar-refractivity contribution is 8.26. The molecule has 0 atom stereocenters. The van der Waals surface area contributed by atoms with Crippen LogP contribution in [0, 0.1) is 23.2 Å². The van der Waals surface area contributed by atoms with Crippen LogP contribution in [0.4, 0.5) is 0 Å².